The Labute approximate surface area is 119 Å². The Morgan fingerprint density at radius 1 is 1.20 bits per heavy atom. The summed E-state index contributed by atoms with van der Waals surface area (Å²) in [4.78, 5) is 26.0. The van der Waals surface area contributed by atoms with Gasteiger partial charge in [-0.2, -0.15) is 0 Å². The molecule has 20 heavy (non-hydrogen) atoms. The number of rotatable bonds is 2. The van der Waals surface area contributed by atoms with Crippen LogP contribution in [0.1, 0.15) is 39.0 Å². The monoisotopic (exact) mass is 281 g/mol. The van der Waals surface area contributed by atoms with E-state index in [1.165, 1.54) is 0 Å². The number of hydrogen-bond donors (Lipinski definition) is 1. The number of hydrogen-bond acceptors (Lipinski definition) is 3. The van der Waals surface area contributed by atoms with Gasteiger partial charge in [-0.3, -0.25) is 9.59 Å². The summed E-state index contributed by atoms with van der Waals surface area (Å²) < 4.78 is 5.59. The lowest BCUT2D eigenvalue weighted by atomic mass is 9.72. The maximum atomic E-state index is 12.8. The van der Waals surface area contributed by atoms with Gasteiger partial charge in [0.1, 0.15) is 0 Å². The van der Waals surface area contributed by atoms with Crippen molar-refractivity contribution in [3.05, 3.63) is 0 Å². The Kier molecular flexibility index (Phi) is 3.71. The first-order chi connectivity index (χ1) is 9.58. The molecule has 0 spiro atoms. The van der Waals surface area contributed by atoms with E-state index in [-0.39, 0.29) is 29.9 Å². The molecular formula is C15H23NO4. The van der Waals surface area contributed by atoms with Crippen molar-refractivity contribution in [2.75, 3.05) is 13.2 Å². The molecule has 1 aliphatic carbocycles. The number of fused-ring (bicyclic) bond motifs is 3. The minimum Gasteiger partial charge on any atom is -0.481 e. The molecule has 2 bridgehead atoms. The molecular weight excluding hydrogens is 258 g/mol. The van der Waals surface area contributed by atoms with E-state index in [0.717, 1.165) is 45.3 Å². The summed E-state index contributed by atoms with van der Waals surface area (Å²) in [6.45, 7) is 3.43. The average molecular weight is 281 g/mol. The molecule has 3 aliphatic heterocycles. The number of carbonyl (C=O) groups excluding carboxylic acids is 1. The van der Waals surface area contributed by atoms with Gasteiger partial charge in [0.05, 0.1) is 17.9 Å². The molecule has 5 atom stereocenters. The van der Waals surface area contributed by atoms with Crippen molar-refractivity contribution in [1.82, 2.24) is 4.90 Å². The van der Waals surface area contributed by atoms with E-state index in [9.17, 15) is 14.7 Å². The van der Waals surface area contributed by atoms with E-state index in [4.69, 9.17) is 4.74 Å². The molecule has 1 amide bonds. The van der Waals surface area contributed by atoms with Crippen molar-refractivity contribution in [3.8, 4) is 0 Å². The van der Waals surface area contributed by atoms with Crippen molar-refractivity contribution >= 4 is 11.9 Å². The Bertz CT molecular complexity index is 411. The third-order valence-corrected chi connectivity index (χ3v) is 5.30. The van der Waals surface area contributed by atoms with Gasteiger partial charge < -0.3 is 14.7 Å². The molecule has 0 aromatic carbocycles. The van der Waals surface area contributed by atoms with Gasteiger partial charge in [0.2, 0.25) is 5.91 Å². The van der Waals surface area contributed by atoms with E-state index in [1.54, 1.807) is 0 Å². The predicted octanol–water partition coefficient (Wildman–Crippen LogP) is 1.51. The Morgan fingerprint density at radius 3 is 2.65 bits per heavy atom. The van der Waals surface area contributed by atoms with E-state index in [0.29, 0.717) is 5.92 Å². The fraction of sp³-hybridized carbons (Fsp3) is 0.867. The summed E-state index contributed by atoms with van der Waals surface area (Å²) >= 11 is 0. The smallest absolute Gasteiger partial charge is 0.308 e. The highest BCUT2D eigenvalue weighted by Crippen LogP contribution is 2.40. The molecule has 112 valence electrons. The molecule has 3 saturated heterocycles. The molecule has 4 fully saturated rings. The van der Waals surface area contributed by atoms with Gasteiger partial charge in [-0.15, -0.1) is 0 Å². The summed E-state index contributed by atoms with van der Waals surface area (Å²) in [6.07, 6.45) is 4.39. The van der Waals surface area contributed by atoms with E-state index in [1.807, 2.05) is 11.8 Å². The van der Waals surface area contributed by atoms with Crippen molar-refractivity contribution < 1.29 is 19.4 Å². The minimum atomic E-state index is -0.745. The van der Waals surface area contributed by atoms with Crippen LogP contribution in [0.5, 0.6) is 0 Å². The maximum absolute atomic E-state index is 12.8. The predicted molar refractivity (Wildman–Crippen MR) is 72.1 cm³/mol. The molecule has 1 saturated carbocycles. The first-order valence-corrected chi connectivity index (χ1v) is 7.73. The second-order valence-corrected chi connectivity index (χ2v) is 6.51. The first-order valence-electron chi connectivity index (χ1n) is 7.73. The summed E-state index contributed by atoms with van der Waals surface area (Å²) in [6, 6.07) is -0.0980. The van der Waals surface area contributed by atoms with Crippen LogP contribution in [0.15, 0.2) is 0 Å². The summed E-state index contributed by atoms with van der Waals surface area (Å²) in [5.41, 5.74) is 0. The number of carboxylic acid groups (broad SMARTS) is 1. The maximum Gasteiger partial charge on any atom is 0.308 e. The summed E-state index contributed by atoms with van der Waals surface area (Å²) in [5.74, 6) is -0.711. The Morgan fingerprint density at radius 2 is 2.00 bits per heavy atom. The average Bonchev–Trinajstić information content (AvgIpc) is 2.47. The van der Waals surface area contributed by atoms with Gasteiger partial charge in [0.15, 0.2) is 0 Å². The number of ether oxygens (including phenoxy) is 1. The van der Waals surface area contributed by atoms with Gasteiger partial charge in [-0.25, -0.2) is 0 Å². The van der Waals surface area contributed by atoms with Crippen LogP contribution < -0.4 is 0 Å². The number of nitrogens with zero attached hydrogens (tertiary/aromatic N) is 1. The molecule has 1 N–H and O–H groups in total. The highest BCUT2D eigenvalue weighted by Gasteiger charge is 2.47. The van der Waals surface area contributed by atoms with E-state index in [2.05, 4.69) is 0 Å². The lowest BCUT2D eigenvalue weighted by molar-refractivity contribution is -0.161. The third kappa shape index (κ3) is 2.32. The van der Waals surface area contributed by atoms with Crippen LogP contribution in [-0.4, -0.2) is 47.2 Å². The number of aliphatic carboxylic acids is 1. The highest BCUT2D eigenvalue weighted by atomic mass is 16.5. The largest absolute Gasteiger partial charge is 0.481 e. The quantitative estimate of drug-likeness (QED) is 0.833. The zero-order valence-corrected chi connectivity index (χ0v) is 12.0. The molecule has 5 unspecified atom stereocenters. The molecule has 0 radical (unpaired) electrons. The molecule has 4 aliphatic rings. The number of carbonyl (C=O) groups is 2. The molecule has 0 aromatic rings. The molecule has 5 nitrogen and oxygen atoms in total. The van der Waals surface area contributed by atoms with Crippen molar-refractivity contribution in [3.63, 3.8) is 0 Å². The van der Waals surface area contributed by atoms with Crippen LogP contribution in [0.4, 0.5) is 0 Å². The minimum absolute atomic E-state index is 0.0417. The Hall–Kier alpha value is -1.10. The normalized spacial score (nSPS) is 40.6. The van der Waals surface area contributed by atoms with E-state index >= 15 is 0 Å². The zero-order chi connectivity index (χ0) is 14.3. The van der Waals surface area contributed by atoms with Gasteiger partial charge in [-0.05, 0) is 44.9 Å². The second kappa shape index (κ2) is 5.35. The highest BCUT2D eigenvalue weighted by molar-refractivity contribution is 5.81. The summed E-state index contributed by atoms with van der Waals surface area (Å²) in [5, 5.41) is 9.36. The molecule has 4 rings (SSSR count). The topological polar surface area (TPSA) is 66.8 Å². The van der Waals surface area contributed by atoms with Gasteiger partial charge >= 0.3 is 5.97 Å². The third-order valence-electron chi connectivity index (χ3n) is 5.30. The Balaban J connectivity index is 1.76. The summed E-state index contributed by atoms with van der Waals surface area (Å²) in [7, 11) is 0. The second-order valence-electron chi connectivity index (χ2n) is 6.51. The van der Waals surface area contributed by atoms with Crippen LogP contribution >= 0.6 is 0 Å². The van der Waals surface area contributed by atoms with E-state index < -0.39 is 5.97 Å². The van der Waals surface area contributed by atoms with Crippen LogP contribution in [-0.2, 0) is 14.3 Å². The number of amides is 1. The molecule has 5 heteroatoms. The molecule has 0 aromatic heterocycles. The lowest BCUT2D eigenvalue weighted by Crippen LogP contribution is -2.59. The van der Waals surface area contributed by atoms with Gasteiger partial charge in [-0.1, -0.05) is 0 Å². The van der Waals surface area contributed by atoms with Crippen LogP contribution in [0.2, 0.25) is 0 Å². The van der Waals surface area contributed by atoms with Crippen molar-refractivity contribution in [1.29, 1.82) is 0 Å². The van der Waals surface area contributed by atoms with Crippen molar-refractivity contribution in [2.45, 2.75) is 51.2 Å². The zero-order valence-electron chi connectivity index (χ0n) is 12.0. The fourth-order valence-electron chi connectivity index (χ4n) is 4.17. The van der Waals surface area contributed by atoms with Crippen LogP contribution in [0.25, 0.3) is 0 Å². The van der Waals surface area contributed by atoms with Crippen LogP contribution in [0, 0.1) is 17.8 Å². The number of carboxylic acids is 1. The first kappa shape index (κ1) is 13.9. The fourth-order valence-corrected chi connectivity index (χ4v) is 4.17. The van der Waals surface area contributed by atoms with Gasteiger partial charge in [0, 0.05) is 19.2 Å². The van der Waals surface area contributed by atoms with Crippen molar-refractivity contribution in [2.24, 2.45) is 17.8 Å². The standard InChI is InChI=1S/C15H23NO4/c1-9-11(3-2-6-20-9)14(17)16-8-10-4-5-13(16)12(7-10)15(18)19/h9-13H,2-8H2,1H3,(H,18,19). The van der Waals surface area contributed by atoms with Crippen LogP contribution in [0.3, 0.4) is 0 Å². The SMILES string of the molecule is CC1OCCCC1C(=O)N1CC2CCC1C(C(=O)O)C2. The molecule has 3 heterocycles. The lowest BCUT2D eigenvalue weighted by Gasteiger charge is -2.50. The number of piperidine rings is 2. The van der Waals surface area contributed by atoms with Gasteiger partial charge in [0.25, 0.3) is 0 Å².